The molecule has 7 heteroatoms. The van der Waals surface area contributed by atoms with Gasteiger partial charge in [-0.3, -0.25) is 4.79 Å². The van der Waals surface area contributed by atoms with Crippen molar-refractivity contribution in [3.05, 3.63) is 24.3 Å². The standard InChI is InChI=1S/C20H30N2O4S/c1-16(26-19-9-4-2-3-5-10-19)20(23)21-17-7-6-8-18(15-17)22-11-13-27(24,25)14-12-22/h6-8,15-16,19H,2-5,9-14H2,1H3,(H,21,23)/t16-/m1/s1. The number of hydrogen-bond donors (Lipinski definition) is 1. The van der Waals surface area contributed by atoms with Crippen LogP contribution in [0.2, 0.25) is 0 Å². The molecule has 1 aliphatic heterocycles. The summed E-state index contributed by atoms with van der Waals surface area (Å²) in [6, 6.07) is 7.57. The molecule has 1 atom stereocenters. The molecule has 6 nitrogen and oxygen atoms in total. The van der Waals surface area contributed by atoms with Gasteiger partial charge in [0.25, 0.3) is 5.91 Å². The molecule has 1 N–H and O–H groups in total. The van der Waals surface area contributed by atoms with Gasteiger partial charge in [0.2, 0.25) is 0 Å². The van der Waals surface area contributed by atoms with Gasteiger partial charge in [-0.1, -0.05) is 31.7 Å². The van der Waals surface area contributed by atoms with Crippen LogP contribution in [0.3, 0.4) is 0 Å². The van der Waals surface area contributed by atoms with Crippen LogP contribution in [0.5, 0.6) is 0 Å². The minimum Gasteiger partial charge on any atom is -0.369 e. The van der Waals surface area contributed by atoms with E-state index in [0.29, 0.717) is 18.8 Å². The number of sulfone groups is 1. The summed E-state index contributed by atoms with van der Waals surface area (Å²) < 4.78 is 29.2. The van der Waals surface area contributed by atoms with Gasteiger partial charge >= 0.3 is 0 Å². The van der Waals surface area contributed by atoms with Crippen LogP contribution in [-0.4, -0.2) is 51.1 Å². The fraction of sp³-hybridized carbons (Fsp3) is 0.650. The molecule has 0 bridgehead atoms. The molecule has 1 heterocycles. The highest BCUT2D eigenvalue weighted by Crippen LogP contribution is 2.23. The predicted octanol–water partition coefficient (Wildman–Crippen LogP) is 2.99. The summed E-state index contributed by atoms with van der Waals surface area (Å²) in [6.07, 6.45) is 6.61. The molecule has 150 valence electrons. The molecule has 1 amide bonds. The van der Waals surface area contributed by atoms with Crippen molar-refractivity contribution in [2.45, 2.75) is 57.7 Å². The first-order chi connectivity index (χ1) is 12.9. The summed E-state index contributed by atoms with van der Waals surface area (Å²) in [5.41, 5.74) is 1.64. The zero-order chi connectivity index (χ0) is 19.3. The van der Waals surface area contributed by atoms with E-state index in [4.69, 9.17) is 4.74 Å². The first-order valence-electron chi connectivity index (χ1n) is 9.95. The monoisotopic (exact) mass is 394 g/mol. The Bertz CT molecular complexity index is 728. The second kappa shape index (κ2) is 9.06. The number of nitrogens with zero attached hydrogens (tertiary/aromatic N) is 1. The first kappa shape index (κ1) is 20.1. The Morgan fingerprint density at radius 1 is 1.15 bits per heavy atom. The number of carbonyl (C=O) groups is 1. The maximum absolute atomic E-state index is 12.5. The molecule has 0 spiro atoms. The molecule has 1 aliphatic carbocycles. The minimum absolute atomic E-state index is 0.141. The second-order valence-corrected chi connectivity index (χ2v) is 9.87. The van der Waals surface area contributed by atoms with Crippen LogP contribution in [-0.2, 0) is 19.4 Å². The van der Waals surface area contributed by atoms with Crippen molar-refractivity contribution in [3.63, 3.8) is 0 Å². The van der Waals surface area contributed by atoms with E-state index in [0.717, 1.165) is 18.5 Å². The largest absolute Gasteiger partial charge is 0.369 e. The Morgan fingerprint density at radius 2 is 1.81 bits per heavy atom. The molecule has 1 saturated heterocycles. The number of amides is 1. The Morgan fingerprint density at radius 3 is 2.48 bits per heavy atom. The highest BCUT2D eigenvalue weighted by molar-refractivity contribution is 7.91. The topological polar surface area (TPSA) is 75.7 Å². The lowest BCUT2D eigenvalue weighted by atomic mass is 10.1. The Hall–Kier alpha value is -1.60. The van der Waals surface area contributed by atoms with Gasteiger partial charge in [-0.15, -0.1) is 0 Å². The smallest absolute Gasteiger partial charge is 0.253 e. The molecule has 1 saturated carbocycles. The van der Waals surface area contributed by atoms with E-state index in [2.05, 4.69) is 5.32 Å². The highest BCUT2D eigenvalue weighted by atomic mass is 32.2. The van der Waals surface area contributed by atoms with E-state index >= 15 is 0 Å². The molecule has 1 aromatic rings. The van der Waals surface area contributed by atoms with E-state index in [-0.39, 0.29) is 23.5 Å². The van der Waals surface area contributed by atoms with E-state index < -0.39 is 15.9 Å². The second-order valence-electron chi connectivity index (χ2n) is 7.57. The summed E-state index contributed by atoms with van der Waals surface area (Å²) in [5.74, 6) is 0.212. The Labute approximate surface area is 162 Å². The van der Waals surface area contributed by atoms with Crippen LogP contribution in [0, 0.1) is 0 Å². The van der Waals surface area contributed by atoms with Gasteiger partial charge in [0.1, 0.15) is 6.10 Å². The lowest BCUT2D eigenvalue weighted by Gasteiger charge is -2.29. The summed E-state index contributed by atoms with van der Waals surface area (Å²) in [6.45, 7) is 2.78. The molecule has 3 rings (SSSR count). The molecular weight excluding hydrogens is 364 g/mol. The van der Waals surface area contributed by atoms with Gasteiger partial charge in [0, 0.05) is 24.5 Å². The molecule has 0 aromatic heterocycles. The van der Waals surface area contributed by atoms with E-state index in [1.807, 2.05) is 29.2 Å². The van der Waals surface area contributed by atoms with Gasteiger partial charge in [-0.25, -0.2) is 8.42 Å². The van der Waals surface area contributed by atoms with E-state index in [1.165, 1.54) is 25.7 Å². The van der Waals surface area contributed by atoms with Crippen molar-refractivity contribution in [1.29, 1.82) is 0 Å². The maximum Gasteiger partial charge on any atom is 0.253 e. The number of ether oxygens (including phenoxy) is 1. The van der Waals surface area contributed by atoms with Crippen LogP contribution in [0.25, 0.3) is 0 Å². The Kier molecular flexibility index (Phi) is 6.76. The fourth-order valence-corrected chi connectivity index (χ4v) is 4.92. The van der Waals surface area contributed by atoms with Crippen LogP contribution in [0.4, 0.5) is 11.4 Å². The third kappa shape index (κ3) is 5.94. The third-order valence-electron chi connectivity index (χ3n) is 5.39. The number of benzene rings is 1. The van der Waals surface area contributed by atoms with Crippen molar-refractivity contribution in [1.82, 2.24) is 0 Å². The highest BCUT2D eigenvalue weighted by Gasteiger charge is 2.23. The lowest BCUT2D eigenvalue weighted by molar-refractivity contribution is -0.130. The molecule has 0 radical (unpaired) electrons. The quantitative estimate of drug-likeness (QED) is 0.777. The predicted molar refractivity (Wildman–Crippen MR) is 108 cm³/mol. The average Bonchev–Trinajstić information content (AvgIpc) is 2.90. The molecule has 1 aromatic carbocycles. The normalized spacial score (nSPS) is 22.0. The van der Waals surface area contributed by atoms with Gasteiger partial charge in [-0.2, -0.15) is 0 Å². The van der Waals surface area contributed by atoms with Crippen LogP contribution >= 0.6 is 0 Å². The van der Waals surface area contributed by atoms with Crippen molar-refractivity contribution in [2.24, 2.45) is 0 Å². The fourth-order valence-electron chi connectivity index (χ4n) is 3.72. The lowest BCUT2D eigenvalue weighted by Crippen LogP contribution is -2.40. The number of rotatable bonds is 5. The molecule has 27 heavy (non-hydrogen) atoms. The number of carbonyl (C=O) groups excluding carboxylic acids is 1. The third-order valence-corrected chi connectivity index (χ3v) is 7.00. The van der Waals surface area contributed by atoms with E-state index in [1.54, 1.807) is 6.92 Å². The summed E-state index contributed by atoms with van der Waals surface area (Å²) in [4.78, 5) is 14.6. The zero-order valence-corrected chi connectivity index (χ0v) is 16.8. The van der Waals surface area contributed by atoms with Gasteiger partial charge in [0.05, 0.1) is 17.6 Å². The first-order valence-corrected chi connectivity index (χ1v) is 11.8. The summed E-state index contributed by atoms with van der Waals surface area (Å²) >= 11 is 0. The molecule has 0 unspecified atom stereocenters. The van der Waals surface area contributed by atoms with Crippen molar-refractivity contribution < 1.29 is 17.9 Å². The van der Waals surface area contributed by atoms with E-state index in [9.17, 15) is 13.2 Å². The molecule has 2 aliphatic rings. The summed E-state index contributed by atoms with van der Waals surface area (Å²) in [7, 11) is -2.91. The van der Waals surface area contributed by atoms with Gasteiger partial charge < -0.3 is 15.0 Å². The van der Waals surface area contributed by atoms with Crippen LogP contribution < -0.4 is 10.2 Å². The minimum atomic E-state index is -2.91. The van der Waals surface area contributed by atoms with Gasteiger partial charge in [0.15, 0.2) is 9.84 Å². The number of hydrogen-bond acceptors (Lipinski definition) is 5. The van der Waals surface area contributed by atoms with Crippen molar-refractivity contribution >= 4 is 27.1 Å². The average molecular weight is 395 g/mol. The number of anilines is 2. The molecule has 2 fully saturated rings. The van der Waals surface area contributed by atoms with Crippen molar-refractivity contribution in [3.8, 4) is 0 Å². The molecular formula is C20H30N2O4S. The Balaban J connectivity index is 1.56. The van der Waals surface area contributed by atoms with Gasteiger partial charge in [-0.05, 0) is 38.0 Å². The summed E-state index contributed by atoms with van der Waals surface area (Å²) in [5, 5.41) is 2.93. The van der Waals surface area contributed by atoms with Crippen LogP contribution in [0.1, 0.15) is 45.4 Å². The van der Waals surface area contributed by atoms with Crippen LogP contribution in [0.15, 0.2) is 24.3 Å². The van der Waals surface area contributed by atoms with Crippen molar-refractivity contribution in [2.75, 3.05) is 34.8 Å². The SMILES string of the molecule is C[C@@H](OC1CCCCCC1)C(=O)Nc1cccc(N2CCS(=O)(=O)CC2)c1. The zero-order valence-electron chi connectivity index (χ0n) is 16.0. The maximum atomic E-state index is 12.5. The number of nitrogens with one attached hydrogen (secondary N) is 1.